The summed E-state index contributed by atoms with van der Waals surface area (Å²) < 4.78 is 3.82. The van der Waals surface area contributed by atoms with Gasteiger partial charge in [0.25, 0.3) is 0 Å². The molecule has 3 aromatic rings. The van der Waals surface area contributed by atoms with Crippen LogP contribution in [0.15, 0.2) is 55.1 Å². The van der Waals surface area contributed by atoms with Crippen LogP contribution in [0.2, 0.25) is 0 Å². The van der Waals surface area contributed by atoms with Gasteiger partial charge in [0.2, 0.25) is 0 Å². The number of nitrogens with one attached hydrogen (secondary N) is 1. The molecule has 108 valence electrons. The van der Waals surface area contributed by atoms with Crippen molar-refractivity contribution in [3.63, 3.8) is 0 Å². The van der Waals surface area contributed by atoms with Gasteiger partial charge in [0.05, 0.1) is 18.4 Å². The minimum absolute atomic E-state index is 0.861. The van der Waals surface area contributed by atoms with Gasteiger partial charge in [0.15, 0.2) is 0 Å². The summed E-state index contributed by atoms with van der Waals surface area (Å²) in [5.74, 6) is 0. The van der Waals surface area contributed by atoms with Gasteiger partial charge in [-0.3, -0.25) is 4.68 Å². The normalized spacial score (nSPS) is 10.9. The Morgan fingerprint density at radius 2 is 2.00 bits per heavy atom. The Kier molecular flexibility index (Phi) is 4.12. The molecule has 0 aliphatic carbocycles. The maximum absolute atomic E-state index is 4.27. The second-order valence-electron chi connectivity index (χ2n) is 5.07. The molecular formula is C16H19N5. The molecule has 0 radical (unpaired) electrons. The quantitative estimate of drug-likeness (QED) is 0.704. The van der Waals surface area contributed by atoms with Crippen LogP contribution in [0.25, 0.3) is 5.69 Å². The van der Waals surface area contributed by atoms with Crippen LogP contribution in [-0.2, 0) is 13.1 Å². The first kappa shape index (κ1) is 13.6. The average molecular weight is 281 g/mol. The summed E-state index contributed by atoms with van der Waals surface area (Å²) in [7, 11) is 0. The van der Waals surface area contributed by atoms with Gasteiger partial charge in [-0.05, 0) is 36.2 Å². The van der Waals surface area contributed by atoms with Crippen LogP contribution in [0.1, 0.15) is 11.1 Å². The molecule has 0 fully saturated rings. The summed E-state index contributed by atoms with van der Waals surface area (Å²) in [4.78, 5) is 0. The number of hydrogen-bond acceptors (Lipinski definition) is 3. The molecule has 5 nitrogen and oxygen atoms in total. The van der Waals surface area contributed by atoms with Gasteiger partial charge >= 0.3 is 0 Å². The van der Waals surface area contributed by atoms with Gasteiger partial charge in [-0.2, -0.15) is 10.2 Å². The van der Waals surface area contributed by atoms with Crippen LogP contribution in [0, 0.1) is 6.92 Å². The molecule has 0 saturated carbocycles. The lowest BCUT2D eigenvalue weighted by Crippen LogP contribution is -2.19. The molecule has 0 saturated heterocycles. The molecule has 5 heteroatoms. The molecule has 1 aromatic carbocycles. The van der Waals surface area contributed by atoms with Gasteiger partial charge in [-0.1, -0.05) is 12.1 Å². The molecular weight excluding hydrogens is 262 g/mol. The van der Waals surface area contributed by atoms with Crippen molar-refractivity contribution in [1.82, 2.24) is 24.9 Å². The first-order valence-corrected chi connectivity index (χ1v) is 7.10. The fraction of sp³-hybridized carbons (Fsp3) is 0.250. The summed E-state index contributed by atoms with van der Waals surface area (Å²) in [6.07, 6.45) is 7.67. The maximum Gasteiger partial charge on any atom is 0.0645 e. The van der Waals surface area contributed by atoms with E-state index in [1.807, 2.05) is 27.8 Å². The molecule has 3 rings (SSSR count). The Bertz CT molecular complexity index is 667. The van der Waals surface area contributed by atoms with E-state index >= 15 is 0 Å². The SMILES string of the molecule is Cc1cnn(CCNCc2ccc(-n3cccn3)cc2)c1. The van der Waals surface area contributed by atoms with Gasteiger partial charge in [-0.25, -0.2) is 4.68 Å². The zero-order valence-corrected chi connectivity index (χ0v) is 12.1. The standard InChI is InChI=1S/C16H19N5/c1-14-11-19-20(13-14)10-8-17-12-15-3-5-16(6-4-15)21-9-2-7-18-21/h2-7,9,11,13,17H,8,10,12H2,1H3. The van der Waals surface area contributed by atoms with E-state index in [0.29, 0.717) is 0 Å². The van der Waals surface area contributed by atoms with Crippen molar-refractivity contribution in [2.75, 3.05) is 6.54 Å². The predicted molar refractivity (Wildman–Crippen MR) is 82.2 cm³/mol. The highest BCUT2D eigenvalue weighted by atomic mass is 15.3. The lowest BCUT2D eigenvalue weighted by Gasteiger charge is -2.07. The monoisotopic (exact) mass is 281 g/mol. The highest BCUT2D eigenvalue weighted by Gasteiger charge is 1.98. The first-order valence-electron chi connectivity index (χ1n) is 7.10. The second kappa shape index (κ2) is 6.37. The Morgan fingerprint density at radius 3 is 2.67 bits per heavy atom. The third-order valence-electron chi connectivity index (χ3n) is 3.31. The Labute approximate surface area is 124 Å². The zero-order chi connectivity index (χ0) is 14.5. The van der Waals surface area contributed by atoms with E-state index in [-0.39, 0.29) is 0 Å². The van der Waals surface area contributed by atoms with Crippen molar-refractivity contribution in [2.45, 2.75) is 20.0 Å². The van der Waals surface area contributed by atoms with E-state index in [2.05, 4.69) is 52.9 Å². The van der Waals surface area contributed by atoms with Crippen LogP contribution in [0.3, 0.4) is 0 Å². The lowest BCUT2D eigenvalue weighted by atomic mass is 10.2. The van der Waals surface area contributed by atoms with E-state index in [1.165, 1.54) is 11.1 Å². The first-order chi connectivity index (χ1) is 10.3. The van der Waals surface area contributed by atoms with Crippen LogP contribution >= 0.6 is 0 Å². The number of aromatic nitrogens is 4. The molecule has 0 aliphatic heterocycles. The van der Waals surface area contributed by atoms with Crippen molar-refractivity contribution in [1.29, 1.82) is 0 Å². The van der Waals surface area contributed by atoms with E-state index in [1.54, 1.807) is 6.20 Å². The third kappa shape index (κ3) is 3.58. The third-order valence-corrected chi connectivity index (χ3v) is 3.31. The molecule has 0 amide bonds. The number of aryl methyl sites for hydroxylation is 1. The molecule has 2 heterocycles. The second-order valence-corrected chi connectivity index (χ2v) is 5.07. The van der Waals surface area contributed by atoms with Crippen molar-refractivity contribution < 1.29 is 0 Å². The van der Waals surface area contributed by atoms with Crippen LogP contribution < -0.4 is 5.32 Å². The minimum Gasteiger partial charge on any atom is -0.311 e. The van der Waals surface area contributed by atoms with Crippen molar-refractivity contribution in [3.05, 3.63) is 66.2 Å². The van der Waals surface area contributed by atoms with Crippen LogP contribution in [-0.4, -0.2) is 26.1 Å². The molecule has 21 heavy (non-hydrogen) atoms. The molecule has 0 bridgehead atoms. The Hall–Kier alpha value is -2.40. The molecule has 0 unspecified atom stereocenters. The smallest absolute Gasteiger partial charge is 0.0645 e. The summed E-state index contributed by atoms with van der Waals surface area (Å²) >= 11 is 0. The van der Waals surface area contributed by atoms with E-state index in [0.717, 1.165) is 25.3 Å². The molecule has 0 aliphatic rings. The fourth-order valence-corrected chi connectivity index (χ4v) is 2.20. The summed E-state index contributed by atoms with van der Waals surface area (Å²) in [5.41, 5.74) is 3.54. The molecule has 0 atom stereocenters. The van der Waals surface area contributed by atoms with E-state index < -0.39 is 0 Å². The highest BCUT2D eigenvalue weighted by Crippen LogP contribution is 2.08. The number of nitrogens with zero attached hydrogens (tertiary/aromatic N) is 4. The summed E-state index contributed by atoms with van der Waals surface area (Å²) in [5, 5.41) is 11.9. The van der Waals surface area contributed by atoms with Crippen molar-refractivity contribution in [2.24, 2.45) is 0 Å². The van der Waals surface area contributed by atoms with Gasteiger partial charge in [-0.15, -0.1) is 0 Å². The average Bonchev–Trinajstić information content (AvgIpc) is 3.16. The predicted octanol–water partition coefficient (Wildman–Crippen LogP) is 2.17. The number of benzene rings is 1. The molecule has 0 spiro atoms. The van der Waals surface area contributed by atoms with Gasteiger partial charge in [0.1, 0.15) is 0 Å². The Morgan fingerprint density at radius 1 is 1.14 bits per heavy atom. The molecule has 1 N–H and O–H groups in total. The van der Waals surface area contributed by atoms with Gasteiger partial charge < -0.3 is 5.32 Å². The maximum atomic E-state index is 4.27. The zero-order valence-electron chi connectivity index (χ0n) is 12.1. The summed E-state index contributed by atoms with van der Waals surface area (Å²) in [6, 6.07) is 10.3. The van der Waals surface area contributed by atoms with Crippen molar-refractivity contribution >= 4 is 0 Å². The lowest BCUT2D eigenvalue weighted by molar-refractivity contribution is 0.554. The largest absolute Gasteiger partial charge is 0.311 e. The van der Waals surface area contributed by atoms with Gasteiger partial charge in [0, 0.05) is 31.7 Å². The number of rotatable bonds is 6. The van der Waals surface area contributed by atoms with Crippen molar-refractivity contribution in [3.8, 4) is 5.69 Å². The topological polar surface area (TPSA) is 47.7 Å². The van der Waals surface area contributed by atoms with E-state index in [4.69, 9.17) is 0 Å². The number of hydrogen-bond donors (Lipinski definition) is 1. The van der Waals surface area contributed by atoms with E-state index in [9.17, 15) is 0 Å². The highest BCUT2D eigenvalue weighted by molar-refractivity contribution is 5.33. The minimum atomic E-state index is 0.861. The molecule has 2 aromatic heterocycles. The van der Waals surface area contributed by atoms with Crippen LogP contribution in [0.5, 0.6) is 0 Å². The fourth-order valence-electron chi connectivity index (χ4n) is 2.20. The Balaban J connectivity index is 1.47. The summed E-state index contributed by atoms with van der Waals surface area (Å²) in [6.45, 7) is 4.71. The van der Waals surface area contributed by atoms with Crippen LogP contribution in [0.4, 0.5) is 0 Å².